The van der Waals surface area contributed by atoms with Gasteiger partial charge in [0.1, 0.15) is 35.2 Å². The monoisotopic (exact) mass is 671 g/mol. The molecule has 2 aromatic carbocycles. The number of aliphatic hydroxyl groups excluding tert-OH is 2. The van der Waals surface area contributed by atoms with Gasteiger partial charge < -0.3 is 49.2 Å². The number of Topliss-reactive ketones (excluding diaryl/α,β-unsaturated/α-hetero) is 1. The molecule has 10 atom stereocenters. The molecule has 0 radical (unpaired) electrons. The van der Waals surface area contributed by atoms with Crippen LogP contribution < -0.4 is 10.1 Å². The second-order valence-corrected chi connectivity index (χ2v) is 13.2. The number of fused-ring (bicyclic) bond motifs is 4. The summed E-state index contributed by atoms with van der Waals surface area (Å²) in [6, 6.07) is 3.88. The first-order chi connectivity index (χ1) is 22.6. The van der Waals surface area contributed by atoms with Gasteiger partial charge in [0.05, 0.1) is 48.2 Å². The summed E-state index contributed by atoms with van der Waals surface area (Å²) in [4.78, 5) is 40.4. The van der Waals surface area contributed by atoms with Crippen LogP contribution in [0, 0.1) is 0 Å². The summed E-state index contributed by atoms with van der Waals surface area (Å²) < 4.78 is 29.9. The van der Waals surface area contributed by atoms with E-state index in [-0.39, 0.29) is 47.3 Å². The van der Waals surface area contributed by atoms with Crippen molar-refractivity contribution in [3.8, 4) is 17.2 Å². The molecule has 0 bridgehead atoms. The van der Waals surface area contributed by atoms with Gasteiger partial charge in [-0.2, -0.15) is 0 Å². The Morgan fingerprint density at radius 3 is 2.44 bits per heavy atom. The number of aromatic hydroxyl groups is 2. The molecule has 2 aliphatic carbocycles. The summed E-state index contributed by atoms with van der Waals surface area (Å²) in [5.41, 5.74) is -3.21. The zero-order valence-corrected chi connectivity index (χ0v) is 27.3. The highest BCUT2D eigenvalue weighted by molar-refractivity contribution is 6.31. The fourth-order valence-electron chi connectivity index (χ4n) is 7.25. The van der Waals surface area contributed by atoms with Crippen molar-refractivity contribution < 1.29 is 63.6 Å². The van der Waals surface area contributed by atoms with Crippen molar-refractivity contribution in [1.29, 1.82) is 0 Å². The molecule has 2 aromatic rings. The van der Waals surface area contributed by atoms with Gasteiger partial charge in [0.2, 0.25) is 5.78 Å². The van der Waals surface area contributed by atoms with Gasteiger partial charge >= 0.3 is 0 Å². The highest BCUT2D eigenvalue weighted by atomic mass is 16.7. The molecule has 14 nitrogen and oxygen atoms in total. The van der Waals surface area contributed by atoms with Gasteiger partial charge in [-0.05, 0) is 33.8 Å². The van der Waals surface area contributed by atoms with E-state index in [0.717, 1.165) is 0 Å². The lowest BCUT2D eigenvalue weighted by Gasteiger charge is -2.46. The third-order valence-electron chi connectivity index (χ3n) is 9.76. The molecule has 4 aliphatic rings. The van der Waals surface area contributed by atoms with Crippen LogP contribution in [0.15, 0.2) is 18.2 Å². The van der Waals surface area contributed by atoms with Gasteiger partial charge in [-0.15, -0.1) is 0 Å². The van der Waals surface area contributed by atoms with Crippen molar-refractivity contribution in [3.05, 3.63) is 51.6 Å². The Balaban J connectivity index is 1.39. The van der Waals surface area contributed by atoms with Crippen LogP contribution in [0.2, 0.25) is 0 Å². The summed E-state index contributed by atoms with van der Waals surface area (Å²) in [5.74, 6) is -3.29. The van der Waals surface area contributed by atoms with Crippen LogP contribution >= 0.6 is 0 Å². The number of hydrogen-bond donors (Lipinski definition) is 6. The van der Waals surface area contributed by atoms with Gasteiger partial charge in [0, 0.05) is 48.4 Å². The van der Waals surface area contributed by atoms with Gasteiger partial charge in [0.25, 0.3) is 0 Å². The van der Waals surface area contributed by atoms with Gasteiger partial charge in [-0.1, -0.05) is 12.1 Å². The van der Waals surface area contributed by atoms with E-state index in [1.165, 1.54) is 32.2 Å². The average molecular weight is 672 g/mol. The Kier molecular flexibility index (Phi) is 9.15. The van der Waals surface area contributed by atoms with E-state index in [0.29, 0.717) is 0 Å². The Labute approximate surface area is 276 Å². The lowest BCUT2D eigenvalue weighted by molar-refractivity contribution is -0.304. The zero-order chi connectivity index (χ0) is 34.8. The molecule has 0 amide bonds. The van der Waals surface area contributed by atoms with Gasteiger partial charge in [0.15, 0.2) is 24.1 Å². The number of ketones is 3. The predicted octanol–water partition coefficient (Wildman–Crippen LogP) is 1.52. The molecule has 0 unspecified atom stereocenters. The number of methoxy groups -OCH3 is 1. The number of nitrogens with one attached hydrogen (secondary N) is 1. The predicted molar refractivity (Wildman–Crippen MR) is 165 cm³/mol. The molecule has 6 rings (SSSR count). The molecule has 0 saturated carbocycles. The number of carbonyl (C=O) groups is 3. The first-order valence-corrected chi connectivity index (χ1v) is 16.0. The molecule has 14 heteroatoms. The minimum absolute atomic E-state index is 0.0300. The standard InChI is InChI=1S/C34H41NO13/c1-13(36)9-22-46-15(3)33(42)35-19-10-23(45-14(2)32(19)48-22)47-21-12-34(43,16(4)37)11-18-25(21)31(41)27-26(29(18)39)28(38)17-7-6-8-20(44-5)24(17)30(27)40/h6-8,13-15,19,21-23,32-33,35-36,39,41-43H,9-12H2,1-5H3/t13-,14-,15-,19-,21-,22-,23+,32+,33+,34-/m0/s1. The number of carbonyl (C=O) groups excluding carboxylic acids is 3. The van der Waals surface area contributed by atoms with Crippen LogP contribution in [0.5, 0.6) is 17.2 Å². The summed E-state index contributed by atoms with van der Waals surface area (Å²) >= 11 is 0. The maximum Gasteiger partial charge on any atom is 0.202 e. The van der Waals surface area contributed by atoms with E-state index in [1.807, 2.05) is 0 Å². The number of aliphatic hydroxyl groups is 3. The Bertz CT molecular complexity index is 1640. The van der Waals surface area contributed by atoms with Crippen molar-refractivity contribution in [3.63, 3.8) is 0 Å². The normalized spacial score (nSPS) is 33.8. The molecule has 6 N–H and O–H groups in total. The Hall–Kier alpha value is -3.47. The van der Waals surface area contributed by atoms with E-state index in [9.17, 15) is 39.9 Å². The van der Waals surface area contributed by atoms with Crippen LogP contribution in [0.1, 0.15) is 96.0 Å². The van der Waals surface area contributed by atoms with Crippen LogP contribution in [0.4, 0.5) is 0 Å². The first kappa shape index (κ1) is 34.4. The third-order valence-corrected chi connectivity index (χ3v) is 9.76. The molecular formula is C34H41NO13. The number of ether oxygens (including phenoxy) is 5. The second kappa shape index (κ2) is 12.8. The van der Waals surface area contributed by atoms with E-state index >= 15 is 0 Å². The van der Waals surface area contributed by atoms with E-state index in [4.69, 9.17) is 23.7 Å². The quantitative estimate of drug-likeness (QED) is 0.205. The molecule has 2 saturated heterocycles. The molecule has 260 valence electrons. The number of benzene rings is 2. The van der Waals surface area contributed by atoms with Crippen molar-refractivity contribution in [2.45, 2.75) is 114 Å². The largest absolute Gasteiger partial charge is 0.507 e. The van der Waals surface area contributed by atoms with Crippen LogP contribution in [-0.4, -0.2) is 105 Å². The molecule has 48 heavy (non-hydrogen) atoms. The van der Waals surface area contributed by atoms with Crippen LogP contribution in [-0.2, 0) is 30.2 Å². The van der Waals surface area contributed by atoms with Crippen LogP contribution in [0.25, 0.3) is 0 Å². The number of hydrogen-bond acceptors (Lipinski definition) is 14. The fraction of sp³-hybridized carbons (Fsp3) is 0.559. The van der Waals surface area contributed by atoms with Crippen molar-refractivity contribution in [1.82, 2.24) is 5.32 Å². The van der Waals surface area contributed by atoms with E-state index in [2.05, 4.69) is 5.32 Å². The second-order valence-electron chi connectivity index (χ2n) is 13.2. The smallest absolute Gasteiger partial charge is 0.202 e. The van der Waals surface area contributed by atoms with Gasteiger partial charge in [-0.25, -0.2) is 0 Å². The summed E-state index contributed by atoms with van der Waals surface area (Å²) in [6.45, 7) is 6.16. The molecule has 0 spiro atoms. The number of phenolic OH excluding ortho intramolecular Hbond substituents is 2. The molecule has 2 heterocycles. The van der Waals surface area contributed by atoms with Crippen molar-refractivity contribution >= 4 is 17.3 Å². The van der Waals surface area contributed by atoms with Gasteiger partial charge in [-0.3, -0.25) is 19.7 Å². The summed E-state index contributed by atoms with van der Waals surface area (Å²) in [6.07, 6.45) is -7.61. The maximum absolute atomic E-state index is 13.9. The minimum atomic E-state index is -2.06. The lowest BCUT2D eigenvalue weighted by atomic mass is 9.72. The van der Waals surface area contributed by atoms with E-state index < -0.39 is 107 Å². The maximum atomic E-state index is 13.9. The number of phenols is 2. The number of rotatable bonds is 6. The Morgan fingerprint density at radius 1 is 1.06 bits per heavy atom. The highest BCUT2D eigenvalue weighted by Crippen LogP contribution is 2.52. The Morgan fingerprint density at radius 2 is 1.77 bits per heavy atom. The fourth-order valence-corrected chi connectivity index (χ4v) is 7.25. The summed E-state index contributed by atoms with van der Waals surface area (Å²) in [5, 5.41) is 58.7. The van der Waals surface area contributed by atoms with Crippen molar-refractivity contribution in [2.75, 3.05) is 7.11 Å². The zero-order valence-electron chi connectivity index (χ0n) is 27.3. The SMILES string of the molecule is COc1cccc2c1C(=O)c1c(O)c3c(c(O)c1C2=O)C[C@@](O)(C(C)=O)C[C@@H]3O[C@@H]1C[C@@H]2N[C@H](O)[C@H](C)O[C@H](C[C@H](C)O)O[C@@H]2[C@H](C)O1. The van der Waals surface area contributed by atoms with Crippen LogP contribution in [0.3, 0.4) is 0 Å². The van der Waals surface area contributed by atoms with Crippen molar-refractivity contribution in [2.24, 2.45) is 0 Å². The average Bonchev–Trinajstić information content (AvgIpc) is 3.01. The minimum Gasteiger partial charge on any atom is -0.507 e. The summed E-state index contributed by atoms with van der Waals surface area (Å²) in [7, 11) is 1.34. The molecule has 2 aliphatic heterocycles. The molecule has 0 aromatic heterocycles. The molecular weight excluding hydrogens is 630 g/mol. The highest BCUT2D eigenvalue weighted by Gasteiger charge is 2.50. The van der Waals surface area contributed by atoms with E-state index in [1.54, 1.807) is 20.8 Å². The topological polar surface area (TPSA) is 211 Å². The first-order valence-electron chi connectivity index (χ1n) is 16.0. The molecule has 2 fully saturated rings. The lowest BCUT2D eigenvalue weighted by Crippen LogP contribution is -2.62. The third kappa shape index (κ3) is 5.79.